The molecule has 1 aromatic heterocycles. The molecule has 1 N–H and O–H groups in total. The van der Waals surface area contributed by atoms with Crippen LogP contribution in [-0.4, -0.2) is 12.6 Å². The molecule has 0 aromatic carbocycles. The lowest BCUT2D eigenvalue weighted by Crippen LogP contribution is -2.25. The first-order valence-electron chi connectivity index (χ1n) is 5.38. The Labute approximate surface area is 85.0 Å². The third-order valence-corrected chi connectivity index (χ3v) is 2.70. The van der Waals surface area contributed by atoms with E-state index in [1.807, 2.05) is 18.2 Å². The van der Waals surface area contributed by atoms with Crippen LogP contribution in [0.5, 0.6) is 0 Å². The Morgan fingerprint density at radius 3 is 3.00 bits per heavy atom. The van der Waals surface area contributed by atoms with Crippen LogP contribution >= 0.6 is 0 Å². The standard InChI is InChI=1S/C12H17NO/c1-2-6-11(5-1)13-9-3-7-12-8-4-10-14-12/h3-4,7-8,10-11,13H,1-2,5-6,9H2/b7-3+. The molecule has 0 radical (unpaired) electrons. The SMILES string of the molecule is C(=C\c1ccco1)/CNC1CCCC1. The zero-order valence-corrected chi connectivity index (χ0v) is 8.41. The van der Waals surface area contributed by atoms with Gasteiger partial charge < -0.3 is 9.73 Å². The molecule has 0 atom stereocenters. The normalized spacial score (nSPS) is 18.3. The summed E-state index contributed by atoms with van der Waals surface area (Å²) in [6.45, 7) is 0.950. The molecule has 2 heteroatoms. The highest BCUT2D eigenvalue weighted by atomic mass is 16.3. The molecule has 0 bridgehead atoms. The van der Waals surface area contributed by atoms with Gasteiger partial charge in [0.25, 0.3) is 0 Å². The molecular weight excluding hydrogens is 174 g/mol. The number of furan rings is 1. The minimum Gasteiger partial charge on any atom is -0.465 e. The molecule has 2 rings (SSSR count). The predicted molar refractivity (Wildman–Crippen MR) is 58.0 cm³/mol. The minimum absolute atomic E-state index is 0.747. The summed E-state index contributed by atoms with van der Waals surface area (Å²) in [6, 6.07) is 4.62. The summed E-state index contributed by atoms with van der Waals surface area (Å²) >= 11 is 0. The van der Waals surface area contributed by atoms with E-state index in [-0.39, 0.29) is 0 Å². The van der Waals surface area contributed by atoms with E-state index < -0.39 is 0 Å². The summed E-state index contributed by atoms with van der Waals surface area (Å²) in [5.74, 6) is 0.929. The fraction of sp³-hybridized carbons (Fsp3) is 0.500. The Bertz CT molecular complexity index is 271. The summed E-state index contributed by atoms with van der Waals surface area (Å²) < 4.78 is 5.19. The molecule has 1 heterocycles. The molecule has 0 saturated heterocycles. The van der Waals surface area contributed by atoms with Crippen LogP contribution in [0, 0.1) is 0 Å². The van der Waals surface area contributed by atoms with Gasteiger partial charge in [-0.1, -0.05) is 18.9 Å². The monoisotopic (exact) mass is 191 g/mol. The predicted octanol–water partition coefficient (Wildman–Crippen LogP) is 2.83. The highest BCUT2D eigenvalue weighted by Gasteiger charge is 2.12. The van der Waals surface area contributed by atoms with Gasteiger partial charge in [0, 0.05) is 12.6 Å². The van der Waals surface area contributed by atoms with Gasteiger partial charge >= 0.3 is 0 Å². The van der Waals surface area contributed by atoms with E-state index in [4.69, 9.17) is 4.42 Å². The molecule has 14 heavy (non-hydrogen) atoms. The van der Waals surface area contributed by atoms with Crippen LogP contribution in [0.2, 0.25) is 0 Å². The largest absolute Gasteiger partial charge is 0.465 e. The van der Waals surface area contributed by atoms with E-state index in [1.165, 1.54) is 25.7 Å². The number of rotatable bonds is 4. The first-order valence-corrected chi connectivity index (χ1v) is 5.38. The van der Waals surface area contributed by atoms with Crippen LogP contribution in [0.15, 0.2) is 28.9 Å². The summed E-state index contributed by atoms with van der Waals surface area (Å²) in [5, 5.41) is 3.52. The van der Waals surface area contributed by atoms with Gasteiger partial charge in [-0.05, 0) is 31.1 Å². The Morgan fingerprint density at radius 2 is 2.29 bits per heavy atom. The second kappa shape index (κ2) is 5.01. The maximum Gasteiger partial charge on any atom is 0.126 e. The van der Waals surface area contributed by atoms with Crippen molar-refractivity contribution in [2.45, 2.75) is 31.7 Å². The molecule has 1 aliphatic rings. The molecule has 0 spiro atoms. The van der Waals surface area contributed by atoms with Gasteiger partial charge in [0.1, 0.15) is 5.76 Å². The topological polar surface area (TPSA) is 25.2 Å². The summed E-state index contributed by atoms with van der Waals surface area (Å²) in [6.07, 6.45) is 11.3. The summed E-state index contributed by atoms with van der Waals surface area (Å²) in [5.41, 5.74) is 0. The van der Waals surface area contributed by atoms with Crippen molar-refractivity contribution < 1.29 is 4.42 Å². The molecule has 0 aliphatic heterocycles. The molecule has 0 amide bonds. The molecule has 1 aromatic rings. The fourth-order valence-electron chi connectivity index (χ4n) is 1.93. The second-order valence-electron chi connectivity index (χ2n) is 3.81. The van der Waals surface area contributed by atoms with Crippen LogP contribution in [0.4, 0.5) is 0 Å². The zero-order valence-electron chi connectivity index (χ0n) is 8.41. The third-order valence-electron chi connectivity index (χ3n) is 2.70. The van der Waals surface area contributed by atoms with Crippen molar-refractivity contribution in [3.8, 4) is 0 Å². The van der Waals surface area contributed by atoms with Crippen molar-refractivity contribution in [1.82, 2.24) is 5.32 Å². The molecule has 0 unspecified atom stereocenters. The summed E-state index contributed by atoms with van der Waals surface area (Å²) in [7, 11) is 0. The Hall–Kier alpha value is -1.02. The molecule has 2 nitrogen and oxygen atoms in total. The third kappa shape index (κ3) is 2.74. The average Bonchev–Trinajstić information content (AvgIpc) is 2.86. The number of nitrogens with one attached hydrogen (secondary N) is 1. The molecular formula is C12H17NO. The van der Waals surface area contributed by atoms with E-state index in [1.54, 1.807) is 6.26 Å². The van der Waals surface area contributed by atoms with Gasteiger partial charge in [-0.2, -0.15) is 0 Å². The van der Waals surface area contributed by atoms with Crippen molar-refractivity contribution in [2.24, 2.45) is 0 Å². The van der Waals surface area contributed by atoms with E-state index >= 15 is 0 Å². The quantitative estimate of drug-likeness (QED) is 0.791. The Balaban J connectivity index is 1.67. The Morgan fingerprint density at radius 1 is 1.43 bits per heavy atom. The smallest absolute Gasteiger partial charge is 0.126 e. The van der Waals surface area contributed by atoms with Crippen LogP contribution in [-0.2, 0) is 0 Å². The molecule has 1 aliphatic carbocycles. The second-order valence-corrected chi connectivity index (χ2v) is 3.81. The minimum atomic E-state index is 0.747. The highest BCUT2D eigenvalue weighted by molar-refractivity contribution is 5.42. The number of hydrogen-bond acceptors (Lipinski definition) is 2. The maximum atomic E-state index is 5.19. The zero-order chi connectivity index (χ0) is 9.64. The van der Waals surface area contributed by atoms with Crippen molar-refractivity contribution in [1.29, 1.82) is 0 Å². The van der Waals surface area contributed by atoms with Crippen molar-refractivity contribution in [2.75, 3.05) is 6.54 Å². The lowest BCUT2D eigenvalue weighted by molar-refractivity contribution is 0.551. The van der Waals surface area contributed by atoms with Gasteiger partial charge in [0.15, 0.2) is 0 Å². The first-order chi connectivity index (χ1) is 6.95. The first kappa shape index (κ1) is 9.53. The van der Waals surface area contributed by atoms with Crippen molar-refractivity contribution >= 4 is 6.08 Å². The summed E-state index contributed by atoms with van der Waals surface area (Å²) in [4.78, 5) is 0. The maximum absolute atomic E-state index is 5.19. The van der Waals surface area contributed by atoms with E-state index in [2.05, 4.69) is 11.4 Å². The molecule has 1 saturated carbocycles. The van der Waals surface area contributed by atoms with Gasteiger partial charge in [-0.3, -0.25) is 0 Å². The average molecular weight is 191 g/mol. The van der Waals surface area contributed by atoms with E-state index in [0.29, 0.717) is 0 Å². The lowest BCUT2D eigenvalue weighted by atomic mass is 10.2. The van der Waals surface area contributed by atoms with Crippen LogP contribution in [0.1, 0.15) is 31.4 Å². The van der Waals surface area contributed by atoms with Gasteiger partial charge in [-0.15, -0.1) is 0 Å². The highest BCUT2D eigenvalue weighted by Crippen LogP contribution is 2.17. The van der Waals surface area contributed by atoms with Crippen molar-refractivity contribution in [3.63, 3.8) is 0 Å². The lowest BCUT2D eigenvalue weighted by Gasteiger charge is -2.08. The van der Waals surface area contributed by atoms with Gasteiger partial charge in [0.05, 0.1) is 6.26 Å². The van der Waals surface area contributed by atoms with E-state index in [0.717, 1.165) is 18.3 Å². The number of hydrogen-bond donors (Lipinski definition) is 1. The van der Waals surface area contributed by atoms with Crippen LogP contribution in [0.25, 0.3) is 6.08 Å². The van der Waals surface area contributed by atoms with Crippen LogP contribution < -0.4 is 5.32 Å². The van der Waals surface area contributed by atoms with Crippen LogP contribution in [0.3, 0.4) is 0 Å². The van der Waals surface area contributed by atoms with Gasteiger partial charge in [-0.25, -0.2) is 0 Å². The molecule has 76 valence electrons. The van der Waals surface area contributed by atoms with Crippen molar-refractivity contribution in [3.05, 3.63) is 30.2 Å². The molecule has 1 fully saturated rings. The fourth-order valence-corrected chi connectivity index (χ4v) is 1.93. The van der Waals surface area contributed by atoms with E-state index in [9.17, 15) is 0 Å². The Kier molecular flexibility index (Phi) is 3.41. The van der Waals surface area contributed by atoms with Gasteiger partial charge in [0.2, 0.25) is 0 Å².